The number of nitrogens with zero attached hydrogens (tertiary/aromatic N) is 1. The zero-order valence-electron chi connectivity index (χ0n) is 9.29. The highest BCUT2D eigenvalue weighted by Gasteiger charge is 2.32. The Morgan fingerprint density at radius 1 is 1.36 bits per heavy atom. The van der Waals surface area contributed by atoms with Crippen LogP contribution in [0, 0.1) is 0 Å². The topological polar surface area (TPSA) is 69.6 Å². The first-order chi connectivity index (χ1) is 6.21. The van der Waals surface area contributed by atoms with Crippen molar-refractivity contribution in [3.8, 4) is 0 Å². The number of carboxylic acids is 1. The Kier molecular flexibility index (Phi) is 4.07. The fourth-order valence-corrected chi connectivity index (χ4v) is 0.877. The van der Waals surface area contributed by atoms with Crippen LogP contribution in [-0.2, 0) is 9.59 Å². The summed E-state index contributed by atoms with van der Waals surface area (Å²) in [7, 11) is 3.04. The highest BCUT2D eigenvalue weighted by Crippen LogP contribution is 2.11. The Bertz CT molecular complexity index is 233. The first-order valence-electron chi connectivity index (χ1n) is 4.39. The van der Waals surface area contributed by atoms with Gasteiger partial charge in [-0.25, -0.2) is 4.79 Å². The summed E-state index contributed by atoms with van der Waals surface area (Å²) >= 11 is 0. The molecule has 0 radical (unpaired) electrons. The molecule has 1 amide bonds. The van der Waals surface area contributed by atoms with Crippen molar-refractivity contribution in [3.63, 3.8) is 0 Å². The minimum absolute atomic E-state index is 0.373. The van der Waals surface area contributed by atoms with Gasteiger partial charge >= 0.3 is 5.97 Å². The predicted molar refractivity (Wildman–Crippen MR) is 53.0 cm³/mol. The Labute approximate surface area is 84.1 Å². The van der Waals surface area contributed by atoms with Crippen molar-refractivity contribution in [2.75, 3.05) is 14.1 Å². The van der Waals surface area contributed by atoms with Crippen LogP contribution < -0.4 is 5.32 Å². The van der Waals surface area contributed by atoms with Gasteiger partial charge in [0.15, 0.2) is 6.04 Å². The molecular formula is C9H18N2O3. The lowest BCUT2D eigenvalue weighted by Crippen LogP contribution is -2.53. The molecule has 0 aromatic rings. The van der Waals surface area contributed by atoms with Crippen molar-refractivity contribution in [2.45, 2.75) is 32.4 Å². The van der Waals surface area contributed by atoms with Gasteiger partial charge in [0.2, 0.25) is 0 Å². The molecule has 0 aromatic heterocycles. The van der Waals surface area contributed by atoms with Crippen molar-refractivity contribution in [3.05, 3.63) is 0 Å². The van der Waals surface area contributed by atoms with E-state index in [0.29, 0.717) is 0 Å². The minimum Gasteiger partial charge on any atom is -0.480 e. The van der Waals surface area contributed by atoms with Crippen molar-refractivity contribution in [1.29, 1.82) is 0 Å². The quantitative estimate of drug-likeness (QED) is 0.628. The summed E-state index contributed by atoms with van der Waals surface area (Å²) in [5, 5.41) is 11.2. The third kappa shape index (κ3) is 2.99. The van der Waals surface area contributed by atoms with E-state index in [1.165, 1.54) is 11.9 Å². The van der Waals surface area contributed by atoms with Crippen molar-refractivity contribution < 1.29 is 14.7 Å². The molecule has 0 fully saturated rings. The third-order valence-electron chi connectivity index (χ3n) is 2.12. The van der Waals surface area contributed by atoms with E-state index in [1.807, 2.05) is 20.8 Å². The Morgan fingerprint density at radius 3 is 2.00 bits per heavy atom. The van der Waals surface area contributed by atoms with E-state index < -0.39 is 17.9 Å². The number of likely N-dealkylation sites (N-methyl/N-ethyl adjacent to an activating group) is 2. The van der Waals surface area contributed by atoms with Gasteiger partial charge in [0.1, 0.15) is 0 Å². The largest absolute Gasteiger partial charge is 0.480 e. The maximum atomic E-state index is 11.6. The fraction of sp³-hybridized carbons (Fsp3) is 0.778. The second-order valence-corrected chi connectivity index (χ2v) is 4.13. The lowest BCUT2D eigenvalue weighted by molar-refractivity contribution is -0.149. The van der Waals surface area contributed by atoms with Crippen molar-refractivity contribution in [1.82, 2.24) is 10.2 Å². The highest BCUT2D eigenvalue weighted by atomic mass is 16.4. The molecule has 0 saturated carbocycles. The average molecular weight is 202 g/mol. The number of carbonyl (C=O) groups excluding carboxylic acids is 1. The Balaban J connectivity index is 4.68. The van der Waals surface area contributed by atoms with Gasteiger partial charge < -0.3 is 10.0 Å². The minimum atomic E-state index is -1.17. The monoisotopic (exact) mass is 202 g/mol. The SMILES string of the molecule is CNC(C(=O)O)C(=O)N(C)C(C)(C)C. The van der Waals surface area contributed by atoms with Crippen LogP contribution in [0.5, 0.6) is 0 Å². The van der Waals surface area contributed by atoms with E-state index >= 15 is 0 Å². The van der Waals surface area contributed by atoms with Gasteiger partial charge in [-0.2, -0.15) is 0 Å². The van der Waals surface area contributed by atoms with Gasteiger partial charge in [0.25, 0.3) is 5.91 Å². The highest BCUT2D eigenvalue weighted by molar-refractivity contribution is 6.01. The number of carboxylic acid groups (broad SMARTS) is 1. The van der Waals surface area contributed by atoms with E-state index in [4.69, 9.17) is 5.11 Å². The second-order valence-electron chi connectivity index (χ2n) is 4.13. The van der Waals surface area contributed by atoms with Crippen LogP contribution in [0.3, 0.4) is 0 Å². The van der Waals surface area contributed by atoms with E-state index in [9.17, 15) is 9.59 Å². The molecule has 0 aliphatic rings. The molecule has 2 N–H and O–H groups in total. The van der Waals surface area contributed by atoms with Gasteiger partial charge in [-0.15, -0.1) is 0 Å². The van der Waals surface area contributed by atoms with Crippen molar-refractivity contribution in [2.24, 2.45) is 0 Å². The first-order valence-corrected chi connectivity index (χ1v) is 4.39. The van der Waals surface area contributed by atoms with E-state index in [-0.39, 0.29) is 5.54 Å². The van der Waals surface area contributed by atoms with E-state index in [1.54, 1.807) is 7.05 Å². The van der Waals surface area contributed by atoms with Gasteiger partial charge in [0.05, 0.1) is 0 Å². The summed E-state index contributed by atoms with van der Waals surface area (Å²) in [6.45, 7) is 5.54. The number of amides is 1. The fourth-order valence-electron chi connectivity index (χ4n) is 0.877. The molecule has 82 valence electrons. The number of rotatable bonds is 3. The summed E-state index contributed by atoms with van der Waals surface area (Å²) in [5.74, 6) is -1.60. The molecule has 0 aliphatic carbocycles. The molecule has 1 unspecified atom stereocenters. The van der Waals surface area contributed by atoms with Crippen LogP contribution in [0.4, 0.5) is 0 Å². The maximum Gasteiger partial charge on any atom is 0.330 e. The van der Waals surface area contributed by atoms with Gasteiger partial charge in [0, 0.05) is 12.6 Å². The number of nitrogens with one attached hydrogen (secondary N) is 1. The first kappa shape index (κ1) is 12.9. The molecule has 0 aliphatic heterocycles. The average Bonchev–Trinajstić information content (AvgIpc) is 2.01. The molecule has 0 spiro atoms. The summed E-state index contributed by atoms with van der Waals surface area (Å²) < 4.78 is 0. The lowest BCUT2D eigenvalue weighted by atomic mass is 10.1. The number of carbonyl (C=O) groups is 2. The zero-order valence-corrected chi connectivity index (χ0v) is 9.29. The van der Waals surface area contributed by atoms with Gasteiger partial charge in [-0.05, 0) is 27.8 Å². The van der Waals surface area contributed by atoms with Gasteiger partial charge in [-0.3, -0.25) is 10.1 Å². The molecule has 0 bridgehead atoms. The van der Waals surface area contributed by atoms with Crippen LogP contribution in [0.2, 0.25) is 0 Å². The van der Waals surface area contributed by atoms with Crippen LogP contribution in [0.25, 0.3) is 0 Å². The standard InChI is InChI=1S/C9H18N2O3/c1-9(2,3)11(5)7(12)6(10-4)8(13)14/h6,10H,1-5H3,(H,13,14). The summed E-state index contributed by atoms with van der Waals surface area (Å²) in [4.78, 5) is 23.8. The third-order valence-corrected chi connectivity index (χ3v) is 2.12. The summed E-state index contributed by atoms with van der Waals surface area (Å²) in [6, 6.07) is -1.17. The molecule has 5 heteroatoms. The van der Waals surface area contributed by atoms with Crippen LogP contribution in [0.1, 0.15) is 20.8 Å². The molecular weight excluding hydrogens is 184 g/mol. The summed E-state index contributed by atoms with van der Waals surface area (Å²) in [5.41, 5.74) is -0.373. The van der Waals surface area contributed by atoms with Crippen LogP contribution in [-0.4, -0.2) is 47.6 Å². The molecule has 0 heterocycles. The predicted octanol–water partition coefficient (Wildman–Crippen LogP) is -0.0841. The second kappa shape index (κ2) is 4.41. The molecule has 14 heavy (non-hydrogen) atoms. The number of hydrogen-bond donors (Lipinski definition) is 2. The Hall–Kier alpha value is -1.10. The summed E-state index contributed by atoms with van der Waals surface area (Å²) in [6.07, 6.45) is 0. The number of aliphatic carboxylic acids is 1. The molecule has 0 rings (SSSR count). The maximum absolute atomic E-state index is 11.6. The normalized spacial score (nSPS) is 13.5. The van der Waals surface area contributed by atoms with Crippen LogP contribution >= 0.6 is 0 Å². The molecule has 0 saturated heterocycles. The molecule has 5 nitrogen and oxygen atoms in total. The van der Waals surface area contributed by atoms with Gasteiger partial charge in [-0.1, -0.05) is 0 Å². The molecule has 0 aromatic carbocycles. The van der Waals surface area contributed by atoms with E-state index in [0.717, 1.165) is 0 Å². The zero-order chi connectivity index (χ0) is 11.5. The lowest BCUT2D eigenvalue weighted by Gasteiger charge is -2.33. The molecule has 1 atom stereocenters. The van der Waals surface area contributed by atoms with E-state index in [2.05, 4.69) is 5.32 Å². The van der Waals surface area contributed by atoms with Crippen molar-refractivity contribution >= 4 is 11.9 Å². The smallest absolute Gasteiger partial charge is 0.330 e. The van der Waals surface area contributed by atoms with Crippen LogP contribution in [0.15, 0.2) is 0 Å². The Morgan fingerprint density at radius 2 is 1.79 bits per heavy atom. The number of hydrogen-bond acceptors (Lipinski definition) is 3.